The van der Waals surface area contributed by atoms with E-state index in [4.69, 9.17) is 16.7 Å². The third-order valence-corrected chi connectivity index (χ3v) is 3.46. The summed E-state index contributed by atoms with van der Waals surface area (Å²) in [5.41, 5.74) is 1.09. The number of aliphatic hydroxyl groups excluding tert-OH is 1. The van der Waals surface area contributed by atoms with Crippen LogP contribution in [-0.2, 0) is 6.54 Å². The molecule has 0 atom stereocenters. The van der Waals surface area contributed by atoms with E-state index in [2.05, 4.69) is 9.88 Å². The van der Waals surface area contributed by atoms with Gasteiger partial charge < -0.3 is 10.0 Å². The molecule has 0 unspecified atom stereocenters. The van der Waals surface area contributed by atoms with Crippen LogP contribution in [0.2, 0.25) is 4.47 Å². The first-order chi connectivity index (χ1) is 8.29. The van der Waals surface area contributed by atoms with Crippen molar-refractivity contribution >= 4 is 28.6 Å². The maximum Gasteiger partial charge on any atom is 0.183 e. The Labute approximate surface area is 109 Å². The quantitative estimate of drug-likeness (QED) is 0.906. The van der Waals surface area contributed by atoms with E-state index >= 15 is 0 Å². The van der Waals surface area contributed by atoms with E-state index in [0.717, 1.165) is 17.1 Å². The standard InChI is InChI=1S/C12H13ClN2OS/c13-12-14-8-11(17-12)9-15(6-7-16)10-4-2-1-3-5-10/h1-5,8,16H,6-7,9H2. The molecule has 0 saturated carbocycles. The molecule has 3 nitrogen and oxygen atoms in total. The maximum absolute atomic E-state index is 9.10. The number of halogens is 1. The van der Waals surface area contributed by atoms with Crippen molar-refractivity contribution in [3.05, 3.63) is 45.9 Å². The molecule has 1 aromatic carbocycles. The smallest absolute Gasteiger partial charge is 0.183 e. The second kappa shape index (κ2) is 6.00. The second-order valence-corrected chi connectivity index (χ2v) is 5.26. The monoisotopic (exact) mass is 268 g/mol. The Morgan fingerprint density at radius 1 is 1.29 bits per heavy atom. The Morgan fingerprint density at radius 3 is 2.65 bits per heavy atom. The number of benzene rings is 1. The van der Waals surface area contributed by atoms with Gasteiger partial charge in [0, 0.05) is 23.3 Å². The average molecular weight is 269 g/mol. The molecular formula is C12H13ClN2OS. The third kappa shape index (κ3) is 3.43. The first kappa shape index (κ1) is 12.4. The highest BCUT2D eigenvalue weighted by atomic mass is 35.5. The van der Waals surface area contributed by atoms with Crippen molar-refractivity contribution in [3.63, 3.8) is 0 Å². The van der Waals surface area contributed by atoms with Crippen molar-refractivity contribution in [1.82, 2.24) is 4.98 Å². The Hall–Kier alpha value is -1.10. The van der Waals surface area contributed by atoms with Gasteiger partial charge in [0.2, 0.25) is 0 Å². The van der Waals surface area contributed by atoms with Gasteiger partial charge in [-0.05, 0) is 12.1 Å². The van der Waals surface area contributed by atoms with Gasteiger partial charge in [0.15, 0.2) is 4.47 Å². The zero-order valence-corrected chi connectivity index (χ0v) is 10.8. The summed E-state index contributed by atoms with van der Waals surface area (Å²) < 4.78 is 0.553. The van der Waals surface area contributed by atoms with Crippen molar-refractivity contribution < 1.29 is 5.11 Å². The molecule has 0 radical (unpaired) electrons. The van der Waals surface area contributed by atoms with Gasteiger partial charge in [0.05, 0.1) is 13.2 Å². The third-order valence-electron chi connectivity index (χ3n) is 2.36. The summed E-state index contributed by atoms with van der Waals surface area (Å²) in [6, 6.07) is 10.00. The van der Waals surface area contributed by atoms with Gasteiger partial charge in [-0.15, -0.1) is 11.3 Å². The minimum Gasteiger partial charge on any atom is -0.395 e. The molecule has 0 saturated heterocycles. The van der Waals surface area contributed by atoms with Crippen LogP contribution in [0.1, 0.15) is 4.88 Å². The van der Waals surface area contributed by atoms with Gasteiger partial charge in [-0.25, -0.2) is 4.98 Å². The minimum absolute atomic E-state index is 0.126. The number of hydrogen-bond acceptors (Lipinski definition) is 4. The van der Waals surface area contributed by atoms with Crippen molar-refractivity contribution in [3.8, 4) is 0 Å². The number of rotatable bonds is 5. The molecule has 90 valence electrons. The molecule has 0 bridgehead atoms. The molecule has 5 heteroatoms. The highest BCUT2D eigenvalue weighted by molar-refractivity contribution is 7.15. The van der Waals surface area contributed by atoms with E-state index in [9.17, 15) is 0 Å². The summed E-state index contributed by atoms with van der Waals surface area (Å²) in [5.74, 6) is 0. The van der Waals surface area contributed by atoms with Gasteiger partial charge in [-0.3, -0.25) is 0 Å². The van der Waals surface area contributed by atoms with Crippen LogP contribution < -0.4 is 4.90 Å². The van der Waals surface area contributed by atoms with Gasteiger partial charge in [0.25, 0.3) is 0 Å². The lowest BCUT2D eigenvalue weighted by atomic mass is 10.3. The van der Waals surface area contributed by atoms with Crippen LogP contribution >= 0.6 is 22.9 Å². The summed E-state index contributed by atoms with van der Waals surface area (Å²) >= 11 is 7.27. The summed E-state index contributed by atoms with van der Waals surface area (Å²) in [5, 5.41) is 9.10. The van der Waals surface area contributed by atoms with Crippen LogP contribution in [0.3, 0.4) is 0 Å². The first-order valence-corrected chi connectivity index (χ1v) is 6.50. The van der Waals surface area contributed by atoms with Crippen LogP contribution in [0.15, 0.2) is 36.5 Å². The van der Waals surface area contributed by atoms with Crippen LogP contribution in [0, 0.1) is 0 Å². The van der Waals surface area contributed by atoms with Crippen LogP contribution in [0.4, 0.5) is 5.69 Å². The lowest BCUT2D eigenvalue weighted by Crippen LogP contribution is -2.25. The number of anilines is 1. The average Bonchev–Trinajstić information content (AvgIpc) is 2.75. The molecular weight excluding hydrogens is 256 g/mol. The molecule has 0 amide bonds. The first-order valence-electron chi connectivity index (χ1n) is 5.30. The van der Waals surface area contributed by atoms with Gasteiger partial charge in [-0.2, -0.15) is 0 Å². The highest BCUT2D eigenvalue weighted by Crippen LogP contribution is 2.22. The second-order valence-electron chi connectivity index (χ2n) is 3.56. The zero-order chi connectivity index (χ0) is 12.1. The topological polar surface area (TPSA) is 36.4 Å². The fourth-order valence-corrected chi connectivity index (χ4v) is 2.60. The van der Waals surface area contributed by atoms with E-state index in [1.807, 2.05) is 30.3 Å². The molecule has 2 aromatic rings. The van der Waals surface area contributed by atoms with E-state index in [0.29, 0.717) is 11.0 Å². The molecule has 0 fully saturated rings. The van der Waals surface area contributed by atoms with Crippen LogP contribution in [0.25, 0.3) is 0 Å². The highest BCUT2D eigenvalue weighted by Gasteiger charge is 2.08. The predicted octanol–water partition coefficient (Wildman–Crippen LogP) is 2.80. The number of nitrogens with zero attached hydrogens (tertiary/aromatic N) is 2. The maximum atomic E-state index is 9.10. The van der Waals surface area contributed by atoms with E-state index < -0.39 is 0 Å². The summed E-state index contributed by atoms with van der Waals surface area (Å²) in [7, 11) is 0. The fraction of sp³-hybridized carbons (Fsp3) is 0.250. The van der Waals surface area contributed by atoms with Crippen LogP contribution in [0.5, 0.6) is 0 Å². The van der Waals surface area contributed by atoms with E-state index in [1.165, 1.54) is 11.3 Å². The van der Waals surface area contributed by atoms with E-state index in [-0.39, 0.29) is 6.61 Å². The predicted molar refractivity (Wildman–Crippen MR) is 71.7 cm³/mol. The van der Waals surface area contributed by atoms with Crippen molar-refractivity contribution in [2.75, 3.05) is 18.1 Å². The molecule has 1 aromatic heterocycles. The normalized spacial score (nSPS) is 10.5. The van der Waals surface area contributed by atoms with Gasteiger partial charge >= 0.3 is 0 Å². The van der Waals surface area contributed by atoms with E-state index in [1.54, 1.807) is 6.20 Å². The Bertz CT molecular complexity index is 461. The Morgan fingerprint density at radius 2 is 2.06 bits per heavy atom. The molecule has 0 spiro atoms. The molecule has 1 heterocycles. The van der Waals surface area contributed by atoms with Crippen molar-refractivity contribution in [2.45, 2.75) is 6.54 Å². The Balaban J connectivity index is 2.13. The molecule has 0 aliphatic heterocycles. The Kier molecular flexibility index (Phi) is 4.36. The van der Waals surface area contributed by atoms with Crippen LogP contribution in [-0.4, -0.2) is 23.2 Å². The fourth-order valence-electron chi connectivity index (χ4n) is 1.60. The molecule has 1 N–H and O–H groups in total. The lowest BCUT2D eigenvalue weighted by Gasteiger charge is -2.22. The minimum atomic E-state index is 0.126. The number of para-hydroxylation sites is 1. The SMILES string of the molecule is OCCN(Cc1cnc(Cl)s1)c1ccccc1. The van der Waals surface area contributed by atoms with Crippen molar-refractivity contribution in [1.29, 1.82) is 0 Å². The number of aromatic nitrogens is 1. The van der Waals surface area contributed by atoms with Crippen molar-refractivity contribution in [2.24, 2.45) is 0 Å². The molecule has 0 aliphatic rings. The number of hydrogen-bond donors (Lipinski definition) is 1. The summed E-state index contributed by atoms with van der Waals surface area (Å²) in [6.45, 7) is 1.44. The zero-order valence-electron chi connectivity index (χ0n) is 9.21. The largest absolute Gasteiger partial charge is 0.395 e. The van der Waals surface area contributed by atoms with Gasteiger partial charge in [-0.1, -0.05) is 29.8 Å². The number of thiazole rings is 1. The number of aliphatic hydroxyl groups is 1. The van der Waals surface area contributed by atoms with Gasteiger partial charge in [0.1, 0.15) is 0 Å². The summed E-state index contributed by atoms with van der Waals surface area (Å²) in [6.07, 6.45) is 1.78. The molecule has 0 aliphatic carbocycles. The molecule has 17 heavy (non-hydrogen) atoms. The molecule has 2 rings (SSSR count). The summed E-state index contributed by atoms with van der Waals surface area (Å²) in [4.78, 5) is 7.21. The lowest BCUT2D eigenvalue weighted by molar-refractivity contribution is 0.301.